The average Bonchev–Trinajstić information content (AvgIpc) is 2.55. The summed E-state index contributed by atoms with van der Waals surface area (Å²) >= 11 is 0. The lowest BCUT2D eigenvalue weighted by Gasteiger charge is -2.41. The smallest absolute Gasteiger partial charge is 0.0620 e. The van der Waals surface area contributed by atoms with Crippen LogP contribution >= 0.6 is 0 Å². The van der Waals surface area contributed by atoms with E-state index < -0.39 is 0 Å². The molecular weight excluding hydrogens is 262 g/mol. The maximum absolute atomic E-state index is 5.56. The Morgan fingerprint density at radius 3 is 2.86 bits per heavy atom. The number of nitrogens with one attached hydrogen (secondary N) is 1. The number of benzene rings is 1. The molecule has 0 saturated carbocycles. The molecule has 2 aliphatic rings. The minimum atomic E-state index is 0.523. The molecule has 3 rings (SSSR count). The molecule has 4 nitrogen and oxygen atoms in total. The third kappa shape index (κ3) is 4.04. The third-order valence-electron chi connectivity index (χ3n) is 4.64. The maximum Gasteiger partial charge on any atom is 0.0620 e. The summed E-state index contributed by atoms with van der Waals surface area (Å²) in [5.74, 6) is 0. The van der Waals surface area contributed by atoms with Gasteiger partial charge >= 0.3 is 0 Å². The highest BCUT2D eigenvalue weighted by atomic mass is 16.5. The van der Waals surface area contributed by atoms with Gasteiger partial charge in [-0.15, -0.1) is 0 Å². The van der Waals surface area contributed by atoms with Crippen LogP contribution < -0.4 is 5.32 Å². The molecule has 2 fully saturated rings. The predicted molar refractivity (Wildman–Crippen MR) is 85.5 cm³/mol. The molecule has 0 radical (unpaired) electrons. The van der Waals surface area contributed by atoms with Crippen molar-refractivity contribution in [1.29, 1.82) is 0 Å². The normalized spacial score (nSPS) is 28.6. The molecular formula is C17H27N3O. The molecule has 1 aromatic rings. The van der Waals surface area contributed by atoms with Crippen LogP contribution in [0.1, 0.15) is 18.0 Å². The van der Waals surface area contributed by atoms with E-state index >= 15 is 0 Å². The quantitative estimate of drug-likeness (QED) is 0.906. The van der Waals surface area contributed by atoms with Crippen LogP contribution in [0.15, 0.2) is 30.3 Å². The lowest BCUT2D eigenvalue weighted by Crippen LogP contribution is -2.49. The fraction of sp³-hybridized carbons (Fsp3) is 0.647. The Hall–Kier alpha value is -0.940. The van der Waals surface area contributed by atoms with E-state index in [9.17, 15) is 0 Å². The van der Waals surface area contributed by atoms with E-state index in [-0.39, 0.29) is 0 Å². The summed E-state index contributed by atoms with van der Waals surface area (Å²) in [4.78, 5) is 5.09. The Labute approximate surface area is 128 Å². The summed E-state index contributed by atoms with van der Waals surface area (Å²) in [5.41, 5.74) is 1.44. The molecule has 116 valence electrons. The van der Waals surface area contributed by atoms with Crippen LogP contribution in [-0.4, -0.2) is 68.8 Å². The van der Waals surface area contributed by atoms with E-state index in [1.165, 1.54) is 12.0 Å². The van der Waals surface area contributed by atoms with Crippen molar-refractivity contribution < 1.29 is 4.74 Å². The molecule has 2 heterocycles. The Morgan fingerprint density at radius 2 is 2.10 bits per heavy atom. The molecule has 21 heavy (non-hydrogen) atoms. The van der Waals surface area contributed by atoms with E-state index in [2.05, 4.69) is 52.5 Å². The number of nitrogens with zero attached hydrogens (tertiary/aromatic N) is 2. The molecule has 0 amide bonds. The van der Waals surface area contributed by atoms with Gasteiger partial charge in [0.05, 0.1) is 13.2 Å². The van der Waals surface area contributed by atoms with Crippen LogP contribution in [0.25, 0.3) is 0 Å². The van der Waals surface area contributed by atoms with Crippen LogP contribution in [-0.2, 0) is 4.74 Å². The first kappa shape index (κ1) is 15.0. The number of morpholine rings is 1. The Morgan fingerprint density at radius 1 is 1.24 bits per heavy atom. The van der Waals surface area contributed by atoms with Crippen molar-refractivity contribution in [1.82, 2.24) is 15.1 Å². The summed E-state index contributed by atoms with van der Waals surface area (Å²) in [6, 6.07) is 12.0. The van der Waals surface area contributed by atoms with Crippen LogP contribution in [0.5, 0.6) is 0 Å². The van der Waals surface area contributed by atoms with Crippen molar-refractivity contribution in [3.63, 3.8) is 0 Å². The van der Waals surface area contributed by atoms with E-state index in [0.717, 1.165) is 45.9 Å². The second kappa shape index (κ2) is 7.36. The van der Waals surface area contributed by atoms with Crippen LogP contribution in [0, 0.1) is 0 Å². The van der Waals surface area contributed by atoms with Crippen molar-refractivity contribution in [3.05, 3.63) is 35.9 Å². The minimum Gasteiger partial charge on any atom is -0.379 e. The maximum atomic E-state index is 5.56. The van der Waals surface area contributed by atoms with Gasteiger partial charge in [-0.05, 0) is 19.0 Å². The van der Waals surface area contributed by atoms with Crippen LogP contribution in [0.3, 0.4) is 0 Å². The van der Waals surface area contributed by atoms with Gasteiger partial charge in [0.1, 0.15) is 0 Å². The van der Waals surface area contributed by atoms with Gasteiger partial charge in [-0.3, -0.25) is 4.90 Å². The van der Waals surface area contributed by atoms with Gasteiger partial charge in [0.15, 0.2) is 0 Å². The van der Waals surface area contributed by atoms with Gasteiger partial charge in [0.2, 0.25) is 0 Å². The second-order valence-electron chi connectivity index (χ2n) is 6.24. The van der Waals surface area contributed by atoms with Gasteiger partial charge < -0.3 is 15.0 Å². The number of ether oxygens (including phenoxy) is 1. The molecule has 0 aliphatic carbocycles. The third-order valence-corrected chi connectivity index (χ3v) is 4.64. The molecule has 1 N–H and O–H groups in total. The average molecular weight is 289 g/mol. The molecule has 0 spiro atoms. The zero-order valence-corrected chi connectivity index (χ0v) is 13.0. The molecule has 4 heteroatoms. The molecule has 2 aliphatic heterocycles. The molecule has 1 aromatic carbocycles. The van der Waals surface area contributed by atoms with Gasteiger partial charge in [-0.2, -0.15) is 0 Å². The lowest BCUT2D eigenvalue weighted by atomic mass is 10.0. The van der Waals surface area contributed by atoms with Crippen LogP contribution in [0.2, 0.25) is 0 Å². The first-order chi connectivity index (χ1) is 10.3. The van der Waals surface area contributed by atoms with Gasteiger partial charge in [0.25, 0.3) is 0 Å². The van der Waals surface area contributed by atoms with E-state index in [4.69, 9.17) is 4.74 Å². The molecule has 0 aromatic heterocycles. The second-order valence-corrected chi connectivity index (χ2v) is 6.24. The highest BCUT2D eigenvalue weighted by Gasteiger charge is 2.27. The number of hydrogen-bond donors (Lipinski definition) is 1. The Bertz CT molecular complexity index is 419. The number of piperazine rings is 1. The zero-order chi connectivity index (χ0) is 14.5. The first-order valence-electron chi connectivity index (χ1n) is 8.11. The molecule has 2 saturated heterocycles. The van der Waals surface area contributed by atoms with E-state index in [0.29, 0.717) is 12.1 Å². The number of hydrogen-bond acceptors (Lipinski definition) is 4. The molecule has 2 atom stereocenters. The predicted octanol–water partition coefficient (Wildman–Crippen LogP) is 1.35. The van der Waals surface area contributed by atoms with Gasteiger partial charge in [0, 0.05) is 44.8 Å². The number of rotatable bonds is 4. The topological polar surface area (TPSA) is 27.7 Å². The summed E-state index contributed by atoms with van der Waals surface area (Å²) in [6.07, 6.45) is 1.17. The fourth-order valence-electron chi connectivity index (χ4n) is 3.34. The largest absolute Gasteiger partial charge is 0.379 e. The van der Waals surface area contributed by atoms with Crippen molar-refractivity contribution >= 4 is 0 Å². The summed E-state index contributed by atoms with van der Waals surface area (Å²) in [6.45, 7) is 7.31. The highest BCUT2D eigenvalue weighted by molar-refractivity contribution is 5.20. The summed E-state index contributed by atoms with van der Waals surface area (Å²) < 4.78 is 5.56. The van der Waals surface area contributed by atoms with Crippen LogP contribution in [0.4, 0.5) is 0 Å². The first-order valence-corrected chi connectivity index (χ1v) is 8.11. The fourth-order valence-corrected chi connectivity index (χ4v) is 3.34. The van der Waals surface area contributed by atoms with Crippen molar-refractivity contribution in [3.8, 4) is 0 Å². The standard InChI is InChI=1S/C17H27N3O/c1-19-10-11-20(9-7-16-14-21-12-8-18-16)17(13-19)15-5-3-2-4-6-15/h2-6,16-18H,7-14H2,1H3. The SMILES string of the molecule is CN1CCN(CCC2COCCN2)C(c2ccccc2)C1. The minimum absolute atomic E-state index is 0.523. The summed E-state index contributed by atoms with van der Waals surface area (Å²) in [5, 5.41) is 3.56. The molecule has 2 unspecified atom stereocenters. The monoisotopic (exact) mass is 289 g/mol. The van der Waals surface area contributed by atoms with E-state index in [1.807, 2.05) is 0 Å². The zero-order valence-electron chi connectivity index (χ0n) is 13.0. The van der Waals surface area contributed by atoms with Crippen molar-refractivity contribution in [2.24, 2.45) is 0 Å². The van der Waals surface area contributed by atoms with E-state index in [1.54, 1.807) is 0 Å². The Kier molecular flexibility index (Phi) is 5.25. The highest BCUT2D eigenvalue weighted by Crippen LogP contribution is 2.25. The van der Waals surface area contributed by atoms with Gasteiger partial charge in [-0.25, -0.2) is 0 Å². The van der Waals surface area contributed by atoms with Crippen molar-refractivity contribution in [2.75, 3.05) is 53.0 Å². The molecule has 0 bridgehead atoms. The lowest BCUT2D eigenvalue weighted by molar-refractivity contribution is 0.0542. The summed E-state index contributed by atoms with van der Waals surface area (Å²) in [7, 11) is 2.23. The Balaban J connectivity index is 1.61. The van der Waals surface area contributed by atoms with Gasteiger partial charge in [-0.1, -0.05) is 30.3 Å². The van der Waals surface area contributed by atoms with Crippen molar-refractivity contribution in [2.45, 2.75) is 18.5 Å². The number of likely N-dealkylation sites (N-methyl/N-ethyl adjacent to an activating group) is 1.